The molecule has 0 atom stereocenters. The second kappa shape index (κ2) is 10.6. The van der Waals surface area contributed by atoms with E-state index in [-0.39, 0.29) is 29.9 Å². The largest absolute Gasteiger partial charge is 0.359 e. The third kappa shape index (κ3) is 7.83. The molecule has 1 rings (SSSR count). The maximum absolute atomic E-state index is 11.7. The zero-order valence-electron chi connectivity index (χ0n) is 13.9. The van der Waals surface area contributed by atoms with Gasteiger partial charge in [0.25, 0.3) is 0 Å². The van der Waals surface area contributed by atoms with Gasteiger partial charge >= 0.3 is 0 Å². The summed E-state index contributed by atoms with van der Waals surface area (Å²) in [4.78, 5) is 19.9. The van der Waals surface area contributed by atoms with Crippen LogP contribution in [0.5, 0.6) is 0 Å². The summed E-state index contributed by atoms with van der Waals surface area (Å²) in [6, 6.07) is 3.72. The van der Waals surface area contributed by atoms with E-state index in [1.54, 1.807) is 26.4 Å². The molecule has 1 aromatic rings. The Labute approximate surface area is 159 Å². The van der Waals surface area contributed by atoms with E-state index >= 15 is 0 Å². The number of nitrogens with zero attached hydrogens (tertiary/aromatic N) is 2. The number of hydrogen-bond acceptors (Lipinski definition) is 3. The first-order valence-electron chi connectivity index (χ1n) is 7.16. The van der Waals surface area contributed by atoms with E-state index in [1.807, 2.05) is 19.9 Å². The van der Waals surface area contributed by atoms with Gasteiger partial charge in [0, 0.05) is 33.4 Å². The summed E-state index contributed by atoms with van der Waals surface area (Å²) >= 11 is 5.75. The standard InChI is InChI=1S/C15H24ClN5O.HI/c1-15(2,13(22)17-3)10-21-14(18-4)19-8-7-11-5-6-12(16)20-9-11;/h5-6,9H,7-8,10H2,1-4H3,(H,17,22)(H2,18,19,21);1H. The highest BCUT2D eigenvalue weighted by atomic mass is 127. The van der Waals surface area contributed by atoms with Gasteiger partial charge in [-0.15, -0.1) is 24.0 Å². The van der Waals surface area contributed by atoms with Crippen LogP contribution < -0.4 is 16.0 Å². The quantitative estimate of drug-likeness (QED) is 0.266. The van der Waals surface area contributed by atoms with Crippen molar-refractivity contribution in [2.75, 3.05) is 27.2 Å². The minimum atomic E-state index is -0.507. The molecular weight excluding hydrogens is 429 g/mol. The number of aliphatic imine (C=N–C) groups is 1. The summed E-state index contributed by atoms with van der Waals surface area (Å²) < 4.78 is 0. The molecule has 1 heterocycles. The molecule has 0 bridgehead atoms. The molecule has 0 saturated carbocycles. The van der Waals surface area contributed by atoms with Crippen molar-refractivity contribution in [2.45, 2.75) is 20.3 Å². The Bertz CT molecular complexity index is 519. The summed E-state index contributed by atoms with van der Waals surface area (Å²) in [6.07, 6.45) is 2.57. The second-order valence-electron chi connectivity index (χ2n) is 5.55. The van der Waals surface area contributed by atoms with Crippen molar-refractivity contribution in [1.29, 1.82) is 0 Å². The molecule has 8 heteroatoms. The Kier molecular flexibility index (Phi) is 10.1. The Balaban J connectivity index is 0.00000484. The van der Waals surface area contributed by atoms with Crippen LogP contribution in [-0.4, -0.2) is 44.0 Å². The second-order valence-corrected chi connectivity index (χ2v) is 5.94. The Morgan fingerprint density at radius 2 is 2.04 bits per heavy atom. The van der Waals surface area contributed by atoms with Gasteiger partial charge in [-0.1, -0.05) is 17.7 Å². The predicted molar refractivity (Wildman–Crippen MR) is 106 cm³/mol. The number of carbonyl (C=O) groups excluding carboxylic acids is 1. The Morgan fingerprint density at radius 3 is 2.57 bits per heavy atom. The number of hydrogen-bond donors (Lipinski definition) is 3. The average Bonchev–Trinajstić information content (AvgIpc) is 2.51. The monoisotopic (exact) mass is 453 g/mol. The topological polar surface area (TPSA) is 78.4 Å². The van der Waals surface area contributed by atoms with E-state index in [2.05, 4.69) is 25.9 Å². The molecule has 0 unspecified atom stereocenters. The number of pyridine rings is 1. The van der Waals surface area contributed by atoms with Crippen LogP contribution in [0.2, 0.25) is 5.15 Å². The first-order valence-corrected chi connectivity index (χ1v) is 7.54. The van der Waals surface area contributed by atoms with Crippen LogP contribution >= 0.6 is 35.6 Å². The predicted octanol–water partition coefficient (Wildman–Crippen LogP) is 1.83. The number of amides is 1. The SMILES string of the molecule is CN=C(NCCc1ccc(Cl)nc1)NCC(C)(C)C(=O)NC.I. The molecule has 0 aliphatic carbocycles. The van der Waals surface area contributed by atoms with E-state index in [1.165, 1.54) is 0 Å². The summed E-state index contributed by atoms with van der Waals surface area (Å²) in [7, 11) is 3.34. The molecule has 1 aromatic heterocycles. The van der Waals surface area contributed by atoms with Gasteiger partial charge in [-0.25, -0.2) is 4.98 Å². The molecular formula is C15H25ClIN5O. The Morgan fingerprint density at radius 1 is 1.35 bits per heavy atom. The highest BCUT2D eigenvalue weighted by molar-refractivity contribution is 14.0. The maximum Gasteiger partial charge on any atom is 0.227 e. The third-order valence-electron chi connectivity index (χ3n) is 3.26. The molecule has 0 spiro atoms. The van der Waals surface area contributed by atoms with Crippen molar-refractivity contribution in [1.82, 2.24) is 20.9 Å². The lowest BCUT2D eigenvalue weighted by molar-refractivity contribution is -0.128. The molecule has 3 N–H and O–H groups in total. The van der Waals surface area contributed by atoms with Crippen LogP contribution in [0.15, 0.2) is 23.3 Å². The van der Waals surface area contributed by atoms with Gasteiger partial charge in [0.2, 0.25) is 5.91 Å². The molecule has 0 radical (unpaired) electrons. The van der Waals surface area contributed by atoms with E-state index in [0.717, 1.165) is 12.0 Å². The normalized spacial score (nSPS) is 11.4. The van der Waals surface area contributed by atoms with E-state index < -0.39 is 5.41 Å². The number of nitrogens with one attached hydrogen (secondary N) is 3. The number of halogens is 2. The molecule has 6 nitrogen and oxygen atoms in total. The number of aromatic nitrogens is 1. The first-order chi connectivity index (χ1) is 10.4. The summed E-state index contributed by atoms with van der Waals surface area (Å²) in [6.45, 7) is 4.97. The number of rotatable bonds is 6. The molecule has 0 fully saturated rings. The van der Waals surface area contributed by atoms with Crippen molar-refractivity contribution in [2.24, 2.45) is 10.4 Å². The molecule has 0 aromatic carbocycles. The minimum absolute atomic E-state index is 0. The fraction of sp³-hybridized carbons (Fsp3) is 0.533. The van der Waals surface area contributed by atoms with Gasteiger partial charge in [0.15, 0.2) is 5.96 Å². The van der Waals surface area contributed by atoms with Gasteiger partial charge < -0.3 is 16.0 Å². The zero-order valence-corrected chi connectivity index (χ0v) is 17.0. The van der Waals surface area contributed by atoms with E-state index in [9.17, 15) is 4.79 Å². The van der Waals surface area contributed by atoms with Gasteiger partial charge in [-0.3, -0.25) is 9.79 Å². The summed E-state index contributed by atoms with van der Waals surface area (Å²) in [5, 5.41) is 9.52. The fourth-order valence-electron chi connectivity index (χ4n) is 1.82. The molecule has 0 aliphatic rings. The molecule has 130 valence electrons. The fourth-order valence-corrected chi connectivity index (χ4v) is 1.94. The lowest BCUT2D eigenvalue weighted by atomic mass is 9.92. The van der Waals surface area contributed by atoms with Crippen LogP contribution in [0, 0.1) is 5.41 Å². The minimum Gasteiger partial charge on any atom is -0.359 e. The number of guanidine groups is 1. The van der Waals surface area contributed by atoms with E-state index in [0.29, 0.717) is 24.2 Å². The van der Waals surface area contributed by atoms with Gasteiger partial charge in [-0.2, -0.15) is 0 Å². The molecule has 0 saturated heterocycles. The van der Waals surface area contributed by atoms with Crippen LogP contribution in [0.1, 0.15) is 19.4 Å². The lowest BCUT2D eigenvalue weighted by Crippen LogP contribution is -2.47. The molecule has 23 heavy (non-hydrogen) atoms. The van der Waals surface area contributed by atoms with Gasteiger partial charge in [-0.05, 0) is 31.9 Å². The van der Waals surface area contributed by atoms with E-state index in [4.69, 9.17) is 11.6 Å². The number of carbonyl (C=O) groups is 1. The van der Waals surface area contributed by atoms with Crippen molar-refractivity contribution in [3.05, 3.63) is 29.0 Å². The van der Waals surface area contributed by atoms with Crippen LogP contribution in [0.4, 0.5) is 0 Å². The summed E-state index contributed by atoms with van der Waals surface area (Å²) in [5.41, 5.74) is 0.588. The average molecular weight is 454 g/mol. The smallest absolute Gasteiger partial charge is 0.227 e. The van der Waals surface area contributed by atoms with Crippen LogP contribution in [-0.2, 0) is 11.2 Å². The van der Waals surface area contributed by atoms with Crippen LogP contribution in [0.3, 0.4) is 0 Å². The lowest BCUT2D eigenvalue weighted by Gasteiger charge is -2.24. The van der Waals surface area contributed by atoms with Crippen LogP contribution in [0.25, 0.3) is 0 Å². The Hall–Kier alpha value is -1.09. The van der Waals surface area contributed by atoms with Gasteiger partial charge in [0.05, 0.1) is 5.41 Å². The van der Waals surface area contributed by atoms with Crippen molar-refractivity contribution < 1.29 is 4.79 Å². The maximum atomic E-state index is 11.7. The highest BCUT2D eigenvalue weighted by Gasteiger charge is 2.26. The zero-order chi connectivity index (χ0) is 16.6. The van der Waals surface area contributed by atoms with Crippen molar-refractivity contribution in [3.8, 4) is 0 Å². The van der Waals surface area contributed by atoms with Crippen molar-refractivity contribution >= 4 is 47.4 Å². The van der Waals surface area contributed by atoms with Gasteiger partial charge in [0.1, 0.15) is 5.15 Å². The molecule has 0 aliphatic heterocycles. The highest BCUT2D eigenvalue weighted by Crippen LogP contribution is 2.12. The first kappa shape index (κ1) is 21.9. The van der Waals surface area contributed by atoms with Crippen molar-refractivity contribution in [3.63, 3.8) is 0 Å². The molecule has 1 amide bonds. The summed E-state index contributed by atoms with van der Waals surface area (Å²) in [5.74, 6) is 0.654. The third-order valence-corrected chi connectivity index (χ3v) is 3.48.